The van der Waals surface area contributed by atoms with Crippen LogP contribution in [0.15, 0.2) is 36.4 Å². The van der Waals surface area contributed by atoms with Gasteiger partial charge in [-0.2, -0.15) is 71.6 Å². The number of rotatable bonds is 9. The zero-order valence-electron chi connectivity index (χ0n) is 20.9. The minimum Gasteiger partial charge on any atom is -0.543 e. The van der Waals surface area contributed by atoms with Crippen LogP contribution in [0.1, 0.15) is 78.7 Å². The van der Waals surface area contributed by atoms with Crippen LogP contribution in [0.3, 0.4) is 0 Å². The minimum atomic E-state index is -5.20. The smallest absolute Gasteiger partial charge is 0.543 e. The Labute approximate surface area is 232 Å². The summed E-state index contributed by atoms with van der Waals surface area (Å²) in [5.74, 6) is 0. The van der Waals surface area contributed by atoms with Crippen LogP contribution in [-0.2, 0) is 51.2 Å². The first-order valence-electron chi connectivity index (χ1n) is 11.3. The number of benzene rings is 2. The Balaban J connectivity index is 0.00000800. The number of methoxy groups -OCH3 is 1. The van der Waals surface area contributed by atoms with E-state index in [2.05, 4.69) is 0 Å². The fourth-order valence-corrected chi connectivity index (χ4v) is 3.76. The van der Waals surface area contributed by atoms with E-state index in [0.717, 1.165) is 7.11 Å². The molecule has 0 radical (unpaired) electrons. The van der Waals surface area contributed by atoms with Gasteiger partial charge in [-0.05, 0) is 47.5 Å². The molecule has 2 aromatic carbocycles. The summed E-state index contributed by atoms with van der Waals surface area (Å²) in [5.41, 5.74) is -7.95. The van der Waals surface area contributed by atoms with Crippen molar-refractivity contribution in [2.24, 2.45) is 0 Å². The molecule has 2 aromatic rings. The first-order valence-corrected chi connectivity index (χ1v) is 11.3. The predicted molar refractivity (Wildman–Crippen MR) is 115 cm³/mol. The van der Waals surface area contributed by atoms with Gasteiger partial charge in [0.25, 0.3) is 0 Å². The van der Waals surface area contributed by atoms with Crippen LogP contribution in [0.25, 0.3) is 0 Å². The van der Waals surface area contributed by atoms with E-state index < -0.39 is 76.7 Å². The van der Waals surface area contributed by atoms with E-state index in [1.807, 2.05) is 0 Å². The van der Waals surface area contributed by atoms with Crippen molar-refractivity contribution >= 4 is 0 Å². The summed E-state index contributed by atoms with van der Waals surface area (Å²) in [4.78, 5) is 0. The average molecular weight is 647 g/mol. The third kappa shape index (κ3) is 9.56. The summed E-state index contributed by atoms with van der Waals surface area (Å²) in [6.45, 7) is 3.17. The average Bonchev–Trinajstić information content (AvgIpc) is 2.81. The molecule has 0 heterocycles. The zero-order valence-corrected chi connectivity index (χ0v) is 21.8. The van der Waals surface area contributed by atoms with E-state index in [9.17, 15) is 52.7 Å². The van der Waals surface area contributed by atoms with Gasteiger partial charge in [0.15, 0.2) is 0 Å². The van der Waals surface area contributed by atoms with Crippen LogP contribution in [0.5, 0.6) is 0 Å². The molecule has 2 unspecified atom stereocenters. The van der Waals surface area contributed by atoms with Crippen molar-refractivity contribution in [3.8, 4) is 0 Å². The van der Waals surface area contributed by atoms with Gasteiger partial charge in [-0.3, -0.25) is 0 Å². The number of alkyl halides is 12. The molecule has 0 aromatic heterocycles. The van der Waals surface area contributed by atoms with Crippen LogP contribution in [0.4, 0.5) is 52.7 Å². The Kier molecular flexibility index (Phi) is 12.0. The Hall–Kier alpha value is -1.96. The van der Waals surface area contributed by atoms with Crippen molar-refractivity contribution in [2.45, 2.75) is 70.0 Å². The maximum absolute atomic E-state index is 13.4. The second-order valence-electron chi connectivity index (χ2n) is 8.49. The van der Waals surface area contributed by atoms with E-state index in [4.69, 9.17) is 9.47 Å². The fourth-order valence-electron chi connectivity index (χ4n) is 3.76. The summed E-state index contributed by atoms with van der Waals surface area (Å²) >= 11 is 0. The van der Waals surface area contributed by atoms with Gasteiger partial charge in [0.05, 0.1) is 34.5 Å². The van der Waals surface area contributed by atoms with Crippen molar-refractivity contribution in [1.29, 1.82) is 0 Å². The minimum absolute atomic E-state index is 0. The first kappa shape index (κ1) is 36.1. The Morgan fingerprint density at radius 2 is 0.875 bits per heavy atom. The number of halogens is 12. The van der Waals surface area contributed by atoms with Crippen LogP contribution < -0.4 is 0 Å². The van der Waals surface area contributed by atoms with Gasteiger partial charge in [-0.1, -0.05) is 13.8 Å². The summed E-state index contributed by atoms with van der Waals surface area (Å²) in [5, 5.41) is 0. The first-order chi connectivity index (χ1) is 17.7. The molecule has 15 heteroatoms. The van der Waals surface area contributed by atoms with Crippen LogP contribution in [0, 0.1) is 6.10 Å². The molecule has 0 aliphatic heterocycles. The molecule has 0 bridgehead atoms. The topological polar surface area (TPSA) is 18.5 Å². The van der Waals surface area contributed by atoms with Crippen molar-refractivity contribution in [3.05, 3.63) is 75.9 Å². The molecule has 0 fully saturated rings. The molecular weight excluding hydrogens is 624 g/mol. The number of ether oxygens (including phenoxy) is 2. The summed E-state index contributed by atoms with van der Waals surface area (Å²) in [6.07, 6.45) is -24.2. The second-order valence-corrected chi connectivity index (χ2v) is 8.49. The molecule has 40 heavy (non-hydrogen) atoms. The van der Waals surface area contributed by atoms with Crippen molar-refractivity contribution in [2.75, 3.05) is 7.11 Å². The van der Waals surface area contributed by atoms with Gasteiger partial charge in [-0.25, -0.2) is 0 Å². The van der Waals surface area contributed by atoms with Crippen molar-refractivity contribution in [1.82, 2.24) is 0 Å². The normalized spacial score (nSPS) is 14.7. The monoisotopic (exact) mass is 646 g/mol. The fraction of sp³-hybridized carbons (Fsp3) is 0.480. The summed E-state index contributed by atoms with van der Waals surface area (Å²) in [7, 11) is 0.923. The van der Waals surface area contributed by atoms with E-state index >= 15 is 0 Å². The van der Waals surface area contributed by atoms with E-state index in [0.29, 0.717) is 24.3 Å². The number of hydrogen-bond acceptors (Lipinski definition) is 2. The Bertz CT molecular complexity index is 1040. The molecule has 2 rings (SSSR count). The molecule has 2 nitrogen and oxygen atoms in total. The number of hydrogen-bond donors (Lipinski definition) is 0. The van der Waals surface area contributed by atoms with Gasteiger partial charge >= 0.3 is 41.8 Å². The van der Waals surface area contributed by atoms with Crippen molar-refractivity contribution in [3.63, 3.8) is 0 Å². The molecule has 0 saturated heterocycles. The van der Waals surface area contributed by atoms with E-state index in [1.54, 1.807) is 13.8 Å². The summed E-state index contributed by atoms with van der Waals surface area (Å²) in [6, 6.07) is 1.30. The van der Waals surface area contributed by atoms with Crippen LogP contribution in [0.2, 0.25) is 0 Å². The molecule has 0 spiro atoms. The maximum atomic E-state index is 13.4. The molecule has 0 amide bonds. The molecule has 230 valence electrons. The van der Waals surface area contributed by atoms with E-state index in [1.165, 1.54) is 0 Å². The maximum Gasteiger partial charge on any atom is 1.00 e. The van der Waals surface area contributed by atoms with Crippen molar-refractivity contribution < 1.29 is 79.2 Å². The Morgan fingerprint density at radius 3 is 1.12 bits per heavy atom. The molecule has 2 atom stereocenters. The SMILES string of the molecule is CC[C-](CC)OC(CC(OC)c1cc(C(F)(F)F)cc(C(F)(F)F)c1)c1cc(C(F)(F)F)cc(C(F)(F)F)c1.[Cu+]. The third-order valence-corrected chi connectivity index (χ3v) is 5.77. The molecular formula is C25H23CuF12O2. The molecule has 0 aliphatic carbocycles. The Morgan fingerprint density at radius 1 is 0.575 bits per heavy atom. The van der Waals surface area contributed by atoms with Gasteiger partial charge in [0, 0.05) is 13.5 Å². The molecule has 0 aliphatic rings. The van der Waals surface area contributed by atoms with Gasteiger partial charge < -0.3 is 9.47 Å². The predicted octanol–water partition coefficient (Wildman–Crippen LogP) is 9.95. The summed E-state index contributed by atoms with van der Waals surface area (Å²) < 4.78 is 172. The van der Waals surface area contributed by atoms with E-state index in [-0.39, 0.29) is 48.1 Å². The molecule has 0 saturated carbocycles. The van der Waals surface area contributed by atoms with Crippen LogP contribution in [-0.4, -0.2) is 7.11 Å². The van der Waals surface area contributed by atoms with Gasteiger partial charge in [0.1, 0.15) is 0 Å². The molecule has 0 N–H and O–H groups in total. The van der Waals surface area contributed by atoms with Gasteiger partial charge in [0.2, 0.25) is 0 Å². The second kappa shape index (κ2) is 13.3. The largest absolute Gasteiger partial charge is 1.00 e. The third-order valence-electron chi connectivity index (χ3n) is 5.77. The standard InChI is InChI=1S/C25H23F12O2.Cu/c1-4-19(5-2)39-21(14-8-17(24(32,33)34)11-18(9-14)25(35,36)37)12-20(38-3)13-6-15(22(26,27)28)10-16(7-13)23(29,30)31;/h6-11,20-21H,4-5,12H2,1-3H3;/q-1;+1. The zero-order chi connectivity index (χ0) is 30.0. The quantitative estimate of drug-likeness (QED) is 0.153. The van der Waals surface area contributed by atoms with Crippen LogP contribution >= 0.6 is 0 Å². The van der Waals surface area contributed by atoms with Gasteiger partial charge in [-0.15, -0.1) is 0 Å².